The molecule has 2 aromatic carbocycles. The highest BCUT2D eigenvalue weighted by atomic mass is 17.3. The Morgan fingerprint density at radius 3 is 1.77 bits per heavy atom. The van der Waals surface area contributed by atoms with E-state index >= 15 is 0 Å². The Morgan fingerprint density at radius 1 is 0.773 bits per heavy atom. The molecule has 0 aromatic heterocycles. The average Bonchev–Trinajstić information content (AvgIpc) is 2.78. The molecule has 0 amide bonds. The normalized spacial score (nSPS) is 30.4. The summed E-state index contributed by atoms with van der Waals surface area (Å²) < 4.78 is 0. The molecule has 1 heterocycles. The Balaban J connectivity index is 2.14. The van der Waals surface area contributed by atoms with Gasteiger partial charge < -0.3 is 0 Å². The van der Waals surface area contributed by atoms with Crippen LogP contribution in [0.3, 0.4) is 0 Å². The molecule has 1 aliphatic heterocycles. The molecule has 4 heteroatoms. The third-order valence-electron chi connectivity index (χ3n) is 4.95. The van der Waals surface area contributed by atoms with E-state index in [4.69, 9.17) is 14.7 Å². The minimum absolute atomic E-state index is 0.696. The lowest BCUT2D eigenvalue weighted by Gasteiger charge is -2.41. The molecule has 116 valence electrons. The second-order valence-electron chi connectivity index (χ2n) is 6.26. The Bertz CT molecular complexity index is 641. The van der Waals surface area contributed by atoms with E-state index in [0.717, 1.165) is 5.56 Å². The van der Waals surface area contributed by atoms with Gasteiger partial charge in [0, 0.05) is 5.56 Å². The van der Waals surface area contributed by atoms with Crippen molar-refractivity contribution < 1.29 is 19.9 Å². The van der Waals surface area contributed by atoms with E-state index < -0.39 is 16.8 Å². The van der Waals surface area contributed by atoms with Crippen LogP contribution < -0.4 is 0 Å². The fourth-order valence-corrected chi connectivity index (χ4v) is 3.08. The van der Waals surface area contributed by atoms with Crippen molar-refractivity contribution in [2.75, 3.05) is 0 Å². The molecule has 0 aliphatic carbocycles. The van der Waals surface area contributed by atoms with Crippen LogP contribution in [0.4, 0.5) is 0 Å². The first-order valence-electron chi connectivity index (χ1n) is 7.28. The molecular formula is C18H20O4. The van der Waals surface area contributed by atoms with Gasteiger partial charge >= 0.3 is 0 Å². The number of benzene rings is 2. The Labute approximate surface area is 130 Å². The maximum Gasteiger partial charge on any atom is 0.266 e. The van der Waals surface area contributed by atoms with Gasteiger partial charge in [-0.1, -0.05) is 74.5 Å². The van der Waals surface area contributed by atoms with Crippen molar-refractivity contribution in [2.24, 2.45) is 5.41 Å². The Morgan fingerprint density at radius 2 is 1.27 bits per heavy atom. The van der Waals surface area contributed by atoms with E-state index in [1.54, 1.807) is 0 Å². The summed E-state index contributed by atoms with van der Waals surface area (Å²) in [5, 5.41) is 9.68. The molecule has 2 atom stereocenters. The zero-order valence-corrected chi connectivity index (χ0v) is 12.9. The van der Waals surface area contributed by atoms with Crippen molar-refractivity contribution in [2.45, 2.75) is 32.2 Å². The van der Waals surface area contributed by atoms with Crippen LogP contribution in [0.25, 0.3) is 0 Å². The van der Waals surface area contributed by atoms with Crippen LogP contribution in [0.5, 0.6) is 0 Å². The second kappa shape index (κ2) is 5.18. The second-order valence-corrected chi connectivity index (χ2v) is 6.26. The molecule has 4 nitrogen and oxygen atoms in total. The highest BCUT2D eigenvalue weighted by Crippen LogP contribution is 2.61. The quantitative estimate of drug-likeness (QED) is 0.680. The van der Waals surface area contributed by atoms with Crippen LogP contribution in [0, 0.1) is 5.41 Å². The van der Waals surface area contributed by atoms with Gasteiger partial charge in [0.1, 0.15) is 5.60 Å². The smallest absolute Gasteiger partial charge is 0.248 e. The summed E-state index contributed by atoms with van der Waals surface area (Å²) >= 11 is 0. The number of rotatable bonds is 3. The first-order valence-corrected chi connectivity index (χ1v) is 7.28. The van der Waals surface area contributed by atoms with Crippen molar-refractivity contribution in [3.05, 3.63) is 71.8 Å². The SMILES string of the molecule is CC1(C)[C@@](OO)(c2ccccc2)OO[C@@]1(C)c1ccccc1. The first kappa shape index (κ1) is 15.2. The van der Waals surface area contributed by atoms with E-state index in [1.807, 2.05) is 81.4 Å². The summed E-state index contributed by atoms with van der Waals surface area (Å²) in [5.74, 6) is -1.40. The molecule has 22 heavy (non-hydrogen) atoms. The largest absolute Gasteiger partial charge is 0.266 e. The van der Waals surface area contributed by atoms with Gasteiger partial charge in [0.15, 0.2) is 0 Å². The lowest BCUT2D eigenvalue weighted by Crippen LogP contribution is -2.48. The van der Waals surface area contributed by atoms with Gasteiger partial charge in [0.05, 0.1) is 5.41 Å². The molecular weight excluding hydrogens is 280 g/mol. The van der Waals surface area contributed by atoms with Crippen LogP contribution >= 0.6 is 0 Å². The van der Waals surface area contributed by atoms with Gasteiger partial charge in [-0.15, -0.1) is 0 Å². The van der Waals surface area contributed by atoms with Crippen LogP contribution in [0.2, 0.25) is 0 Å². The molecule has 0 unspecified atom stereocenters. The number of hydrogen-bond acceptors (Lipinski definition) is 4. The van der Waals surface area contributed by atoms with Gasteiger partial charge in [-0.2, -0.15) is 9.78 Å². The molecule has 1 aliphatic rings. The molecule has 0 radical (unpaired) electrons. The molecule has 1 fully saturated rings. The first-order chi connectivity index (χ1) is 10.5. The van der Waals surface area contributed by atoms with E-state index in [1.165, 1.54) is 0 Å². The summed E-state index contributed by atoms with van der Waals surface area (Å²) in [7, 11) is 0. The van der Waals surface area contributed by atoms with Crippen molar-refractivity contribution in [3.8, 4) is 0 Å². The molecule has 1 saturated heterocycles. The van der Waals surface area contributed by atoms with Crippen molar-refractivity contribution in [1.82, 2.24) is 0 Å². The minimum Gasteiger partial charge on any atom is -0.248 e. The average molecular weight is 300 g/mol. The van der Waals surface area contributed by atoms with Gasteiger partial charge in [-0.3, -0.25) is 0 Å². The molecule has 0 bridgehead atoms. The van der Waals surface area contributed by atoms with Crippen LogP contribution in [0.15, 0.2) is 60.7 Å². The number of hydrogen-bond donors (Lipinski definition) is 1. The van der Waals surface area contributed by atoms with Gasteiger partial charge in [0.2, 0.25) is 0 Å². The molecule has 0 spiro atoms. The fraction of sp³-hybridized carbons (Fsp3) is 0.333. The maximum atomic E-state index is 9.68. The molecule has 2 aromatic rings. The highest BCUT2D eigenvalue weighted by molar-refractivity contribution is 5.31. The summed E-state index contributed by atoms with van der Waals surface area (Å²) in [6.07, 6.45) is 0. The third kappa shape index (κ3) is 1.85. The van der Waals surface area contributed by atoms with Crippen LogP contribution in [-0.4, -0.2) is 5.26 Å². The van der Waals surface area contributed by atoms with E-state index in [9.17, 15) is 5.26 Å². The van der Waals surface area contributed by atoms with Crippen LogP contribution in [0.1, 0.15) is 31.9 Å². The highest BCUT2D eigenvalue weighted by Gasteiger charge is 2.68. The predicted octanol–water partition coefficient (Wildman–Crippen LogP) is 4.23. The fourth-order valence-electron chi connectivity index (χ4n) is 3.08. The van der Waals surface area contributed by atoms with E-state index in [2.05, 4.69) is 0 Å². The summed E-state index contributed by atoms with van der Waals surface area (Å²) in [4.78, 5) is 16.2. The van der Waals surface area contributed by atoms with E-state index in [0.29, 0.717) is 5.56 Å². The van der Waals surface area contributed by atoms with Gasteiger partial charge in [0.25, 0.3) is 5.79 Å². The zero-order valence-electron chi connectivity index (χ0n) is 12.9. The predicted molar refractivity (Wildman–Crippen MR) is 81.6 cm³/mol. The Hall–Kier alpha value is -1.72. The minimum atomic E-state index is -1.40. The summed E-state index contributed by atoms with van der Waals surface area (Å²) in [6, 6.07) is 19.1. The van der Waals surface area contributed by atoms with Crippen LogP contribution in [-0.2, 0) is 26.1 Å². The summed E-state index contributed by atoms with van der Waals surface area (Å²) in [6.45, 7) is 5.85. The summed E-state index contributed by atoms with van der Waals surface area (Å²) in [5.41, 5.74) is 0.168. The molecule has 3 rings (SSSR count). The molecule has 0 saturated carbocycles. The topological polar surface area (TPSA) is 47.9 Å². The van der Waals surface area contributed by atoms with Gasteiger partial charge in [-0.25, -0.2) is 10.1 Å². The van der Waals surface area contributed by atoms with E-state index in [-0.39, 0.29) is 0 Å². The maximum absolute atomic E-state index is 9.68. The van der Waals surface area contributed by atoms with Crippen molar-refractivity contribution in [1.29, 1.82) is 0 Å². The monoisotopic (exact) mass is 300 g/mol. The van der Waals surface area contributed by atoms with Crippen molar-refractivity contribution in [3.63, 3.8) is 0 Å². The third-order valence-corrected chi connectivity index (χ3v) is 4.95. The standard InChI is InChI=1S/C18H20O4/c1-16(2)17(3,14-10-6-4-7-11-14)21-22-18(16,20-19)15-12-8-5-9-13-15/h4-13,19H,1-3H3/t17-,18+/m0/s1. The Kier molecular flexibility index (Phi) is 3.57. The molecule has 1 N–H and O–H groups in total. The van der Waals surface area contributed by atoms with Crippen molar-refractivity contribution >= 4 is 0 Å². The zero-order chi connectivity index (χ0) is 15.8. The van der Waals surface area contributed by atoms with Gasteiger partial charge in [-0.05, 0) is 12.5 Å². The lowest BCUT2D eigenvalue weighted by molar-refractivity contribution is -0.489. The lowest BCUT2D eigenvalue weighted by atomic mass is 9.65.